The molecule has 3 aromatic rings. The predicted molar refractivity (Wildman–Crippen MR) is 134 cm³/mol. The van der Waals surface area contributed by atoms with Crippen LogP contribution in [-0.4, -0.2) is 31.6 Å². The minimum absolute atomic E-state index is 0.0446. The number of carbonyl (C=O) groups is 2. The molecule has 0 aliphatic carbocycles. The lowest BCUT2D eigenvalue weighted by atomic mass is 10.0. The van der Waals surface area contributed by atoms with Crippen LogP contribution < -0.4 is 25.6 Å². The number of fused-ring (bicyclic) bond motifs is 2. The van der Waals surface area contributed by atoms with Crippen molar-refractivity contribution < 1.29 is 14.3 Å². The van der Waals surface area contributed by atoms with Gasteiger partial charge in [0.25, 0.3) is 0 Å². The predicted octanol–water partition coefficient (Wildman–Crippen LogP) is 4.33. The number of para-hydroxylation sites is 2. The first-order chi connectivity index (χ1) is 16.7. The van der Waals surface area contributed by atoms with Gasteiger partial charge < -0.3 is 25.6 Å². The first kappa shape index (κ1) is 21.8. The molecule has 0 unspecified atom stereocenters. The van der Waals surface area contributed by atoms with Crippen molar-refractivity contribution in [1.29, 1.82) is 0 Å². The van der Waals surface area contributed by atoms with Gasteiger partial charge in [-0.05, 0) is 59.9 Å². The standard InChI is InChI=1S/C27H28N4O3/c32-26-12-9-20-17-22(10-11-24(20)29-26)34-16-14-28-27(33)30-23-7-3-1-6-21(23)18-31-15-13-19-5-2-4-8-25(19)31/h1-8,10-11,17H,9,12-16,18H2,(H,29,32)(H2,28,30,33). The first-order valence-electron chi connectivity index (χ1n) is 11.7. The van der Waals surface area contributed by atoms with Crippen molar-refractivity contribution in [2.24, 2.45) is 0 Å². The summed E-state index contributed by atoms with van der Waals surface area (Å²) < 4.78 is 5.78. The summed E-state index contributed by atoms with van der Waals surface area (Å²) in [5.74, 6) is 0.775. The summed E-state index contributed by atoms with van der Waals surface area (Å²) >= 11 is 0. The number of rotatable bonds is 7. The number of hydrogen-bond donors (Lipinski definition) is 3. The van der Waals surface area contributed by atoms with Crippen LogP contribution in [0.1, 0.15) is 23.1 Å². The van der Waals surface area contributed by atoms with Crippen LogP contribution in [0.25, 0.3) is 0 Å². The van der Waals surface area contributed by atoms with Gasteiger partial charge in [0.15, 0.2) is 0 Å². The van der Waals surface area contributed by atoms with Gasteiger partial charge in [0.2, 0.25) is 5.91 Å². The number of hydrogen-bond acceptors (Lipinski definition) is 4. The van der Waals surface area contributed by atoms with E-state index in [1.807, 2.05) is 36.4 Å². The van der Waals surface area contributed by atoms with Crippen LogP contribution in [0.4, 0.5) is 21.9 Å². The zero-order valence-corrected chi connectivity index (χ0v) is 19.0. The third kappa shape index (κ3) is 4.98. The van der Waals surface area contributed by atoms with Gasteiger partial charge >= 0.3 is 6.03 Å². The van der Waals surface area contributed by atoms with Crippen molar-refractivity contribution in [3.63, 3.8) is 0 Å². The molecular weight excluding hydrogens is 428 g/mol. The summed E-state index contributed by atoms with van der Waals surface area (Å²) in [5, 5.41) is 8.70. The topological polar surface area (TPSA) is 82.7 Å². The highest BCUT2D eigenvalue weighted by Gasteiger charge is 2.19. The number of carbonyl (C=O) groups excluding carboxylic acids is 2. The fraction of sp³-hybridized carbons (Fsp3) is 0.259. The van der Waals surface area contributed by atoms with Gasteiger partial charge in [-0.25, -0.2) is 4.79 Å². The molecule has 0 fully saturated rings. The Labute approximate surface area is 199 Å². The number of amides is 3. The van der Waals surface area contributed by atoms with Crippen molar-refractivity contribution in [3.05, 3.63) is 83.4 Å². The molecule has 0 saturated heterocycles. The molecule has 2 heterocycles. The van der Waals surface area contributed by atoms with Gasteiger partial charge in [-0.1, -0.05) is 36.4 Å². The van der Waals surface area contributed by atoms with E-state index in [1.54, 1.807) is 0 Å². The molecule has 3 N–H and O–H groups in total. The molecule has 0 atom stereocenters. The normalized spacial score (nSPS) is 14.1. The zero-order chi connectivity index (χ0) is 23.3. The minimum Gasteiger partial charge on any atom is -0.492 e. The van der Waals surface area contributed by atoms with Crippen LogP contribution in [0, 0.1) is 0 Å². The number of aryl methyl sites for hydroxylation is 1. The van der Waals surface area contributed by atoms with E-state index < -0.39 is 0 Å². The molecule has 3 amide bonds. The van der Waals surface area contributed by atoms with Crippen LogP contribution in [0.2, 0.25) is 0 Å². The number of benzene rings is 3. The quantitative estimate of drug-likeness (QED) is 0.462. The molecule has 3 aromatic carbocycles. The second kappa shape index (κ2) is 9.87. The fourth-order valence-corrected chi connectivity index (χ4v) is 4.51. The van der Waals surface area contributed by atoms with E-state index in [0.717, 1.165) is 47.8 Å². The second-order valence-electron chi connectivity index (χ2n) is 8.55. The fourth-order valence-electron chi connectivity index (χ4n) is 4.51. The number of ether oxygens (including phenoxy) is 1. The Morgan fingerprint density at radius 2 is 1.82 bits per heavy atom. The lowest BCUT2D eigenvalue weighted by Gasteiger charge is -2.21. The van der Waals surface area contributed by atoms with E-state index >= 15 is 0 Å². The molecule has 0 radical (unpaired) electrons. The van der Waals surface area contributed by atoms with Crippen molar-refractivity contribution in [1.82, 2.24) is 5.32 Å². The van der Waals surface area contributed by atoms with Gasteiger partial charge in [-0.15, -0.1) is 0 Å². The van der Waals surface area contributed by atoms with Gasteiger partial charge in [-0.2, -0.15) is 0 Å². The molecule has 7 heteroatoms. The van der Waals surface area contributed by atoms with Crippen LogP contribution in [0.5, 0.6) is 5.75 Å². The van der Waals surface area contributed by atoms with E-state index in [2.05, 4.69) is 51.2 Å². The summed E-state index contributed by atoms with van der Waals surface area (Å²) in [6.07, 6.45) is 2.25. The SMILES string of the molecule is O=C1CCc2cc(OCCNC(=O)Nc3ccccc3CN3CCc4ccccc43)ccc2N1. The average molecular weight is 457 g/mol. The van der Waals surface area contributed by atoms with Gasteiger partial charge in [0.1, 0.15) is 12.4 Å². The Balaban J connectivity index is 1.12. The number of nitrogens with zero attached hydrogens (tertiary/aromatic N) is 1. The van der Waals surface area contributed by atoms with Crippen molar-refractivity contribution in [2.75, 3.05) is 35.2 Å². The van der Waals surface area contributed by atoms with Crippen LogP contribution in [0.3, 0.4) is 0 Å². The highest BCUT2D eigenvalue weighted by atomic mass is 16.5. The summed E-state index contributed by atoms with van der Waals surface area (Å²) in [6.45, 7) is 2.45. The number of anilines is 3. The average Bonchev–Trinajstić information content (AvgIpc) is 3.26. The number of urea groups is 1. The maximum absolute atomic E-state index is 12.5. The van der Waals surface area contributed by atoms with E-state index in [9.17, 15) is 9.59 Å². The summed E-state index contributed by atoms with van der Waals surface area (Å²) in [7, 11) is 0. The molecule has 0 spiro atoms. The van der Waals surface area contributed by atoms with Crippen LogP contribution in [0.15, 0.2) is 66.7 Å². The van der Waals surface area contributed by atoms with Gasteiger partial charge in [0.05, 0.1) is 6.54 Å². The lowest BCUT2D eigenvalue weighted by molar-refractivity contribution is -0.116. The highest BCUT2D eigenvalue weighted by molar-refractivity contribution is 5.94. The van der Waals surface area contributed by atoms with Crippen molar-refractivity contribution in [2.45, 2.75) is 25.8 Å². The monoisotopic (exact) mass is 456 g/mol. The third-order valence-electron chi connectivity index (χ3n) is 6.24. The smallest absolute Gasteiger partial charge is 0.319 e. The Morgan fingerprint density at radius 1 is 0.971 bits per heavy atom. The second-order valence-corrected chi connectivity index (χ2v) is 8.55. The Morgan fingerprint density at radius 3 is 2.76 bits per heavy atom. The molecule has 7 nitrogen and oxygen atoms in total. The minimum atomic E-state index is -0.258. The molecular formula is C27H28N4O3. The Kier molecular flexibility index (Phi) is 6.33. The lowest BCUT2D eigenvalue weighted by Crippen LogP contribution is -2.32. The Hall–Kier alpha value is -4.00. The van der Waals surface area contributed by atoms with Gasteiger partial charge in [-0.3, -0.25) is 4.79 Å². The summed E-state index contributed by atoms with van der Waals surface area (Å²) in [4.78, 5) is 26.3. The van der Waals surface area contributed by atoms with Gasteiger partial charge in [0, 0.05) is 36.6 Å². The molecule has 174 valence electrons. The first-order valence-corrected chi connectivity index (χ1v) is 11.7. The largest absolute Gasteiger partial charge is 0.492 e. The molecule has 0 aromatic heterocycles. The van der Waals surface area contributed by atoms with Crippen LogP contribution >= 0.6 is 0 Å². The van der Waals surface area contributed by atoms with E-state index in [1.165, 1.54) is 11.3 Å². The van der Waals surface area contributed by atoms with Crippen molar-refractivity contribution >= 4 is 29.0 Å². The number of nitrogens with one attached hydrogen (secondary N) is 3. The van der Waals surface area contributed by atoms with E-state index in [-0.39, 0.29) is 11.9 Å². The van der Waals surface area contributed by atoms with Crippen molar-refractivity contribution in [3.8, 4) is 5.75 Å². The third-order valence-corrected chi connectivity index (χ3v) is 6.24. The Bertz CT molecular complexity index is 1210. The van der Waals surface area contributed by atoms with E-state index in [4.69, 9.17) is 4.74 Å². The maximum atomic E-state index is 12.5. The summed E-state index contributed by atoms with van der Waals surface area (Å²) in [6, 6.07) is 21.8. The molecule has 5 rings (SSSR count). The van der Waals surface area contributed by atoms with Crippen LogP contribution in [-0.2, 0) is 24.2 Å². The molecule has 2 aliphatic rings. The molecule has 2 aliphatic heterocycles. The summed E-state index contributed by atoms with van der Waals surface area (Å²) in [5.41, 5.74) is 6.43. The van der Waals surface area contributed by atoms with E-state index in [0.29, 0.717) is 26.0 Å². The maximum Gasteiger partial charge on any atom is 0.319 e. The molecule has 34 heavy (non-hydrogen) atoms. The highest BCUT2D eigenvalue weighted by Crippen LogP contribution is 2.30. The molecule has 0 saturated carbocycles. The molecule has 0 bridgehead atoms. The zero-order valence-electron chi connectivity index (χ0n) is 19.0.